The fourth-order valence-electron chi connectivity index (χ4n) is 2.99. The summed E-state index contributed by atoms with van der Waals surface area (Å²) in [5.41, 5.74) is 3.08. The molecule has 0 spiro atoms. The second-order valence-electron chi connectivity index (χ2n) is 6.67. The molecule has 148 valence electrons. The van der Waals surface area contributed by atoms with Crippen molar-refractivity contribution in [2.75, 3.05) is 0 Å². The summed E-state index contributed by atoms with van der Waals surface area (Å²) in [7, 11) is 0. The molecular formula is C21H22N6OS. The summed E-state index contributed by atoms with van der Waals surface area (Å²) in [6, 6.07) is 12.1. The molecule has 0 aliphatic heterocycles. The van der Waals surface area contributed by atoms with Crippen LogP contribution in [-0.2, 0) is 12.2 Å². The molecule has 0 radical (unpaired) electrons. The zero-order valence-corrected chi connectivity index (χ0v) is 17.3. The predicted octanol–water partition coefficient (Wildman–Crippen LogP) is 4.66. The van der Waals surface area contributed by atoms with E-state index in [1.165, 1.54) is 11.8 Å². The highest BCUT2D eigenvalue weighted by Gasteiger charge is 2.18. The van der Waals surface area contributed by atoms with Gasteiger partial charge in [0.05, 0.1) is 11.4 Å². The number of rotatable bonds is 8. The number of hydrogen-bond acceptors (Lipinski definition) is 7. The van der Waals surface area contributed by atoms with Crippen LogP contribution in [0.15, 0.2) is 58.5 Å². The van der Waals surface area contributed by atoms with Crippen LogP contribution in [0.3, 0.4) is 0 Å². The van der Waals surface area contributed by atoms with Crippen LogP contribution in [0.4, 0.5) is 0 Å². The summed E-state index contributed by atoms with van der Waals surface area (Å²) < 4.78 is 7.46. The van der Waals surface area contributed by atoms with Gasteiger partial charge in [-0.25, -0.2) is 0 Å². The van der Waals surface area contributed by atoms with E-state index in [4.69, 9.17) is 4.52 Å². The van der Waals surface area contributed by atoms with Crippen LogP contribution in [0.2, 0.25) is 0 Å². The van der Waals surface area contributed by atoms with Gasteiger partial charge in [0.15, 0.2) is 16.8 Å². The van der Waals surface area contributed by atoms with Crippen molar-refractivity contribution in [1.82, 2.24) is 29.9 Å². The number of para-hydroxylation sites is 1. The SMILES string of the molecule is CCCCc1noc(CSc2nnc(-c3cccnc3)n2-c2ccccc2C)n1. The first-order valence-electron chi connectivity index (χ1n) is 9.62. The van der Waals surface area contributed by atoms with Gasteiger partial charge in [-0.3, -0.25) is 9.55 Å². The normalized spacial score (nSPS) is 11.1. The third-order valence-electron chi connectivity index (χ3n) is 4.50. The maximum atomic E-state index is 5.39. The second kappa shape index (κ2) is 9.00. The van der Waals surface area contributed by atoms with E-state index in [-0.39, 0.29) is 0 Å². The van der Waals surface area contributed by atoms with Gasteiger partial charge in [0, 0.05) is 24.4 Å². The van der Waals surface area contributed by atoms with Crippen LogP contribution in [-0.4, -0.2) is 29.9 Å². The van der Waals surface area contributed by atoms with E-state index in [2.05, 4.69) is 55.9 Å². The molecule has 0 unspecified atom stereocenters. The Morgan fingerprint density at radius 1 is 1.10 bits per heavy atom. The van der Waals surface area contributed by atoms with Gasteiger partial charge in [0.25, 0.3) is 0 Å². The minimum Gasteiger partial charge on any atom is -0.338 e. The summed E-state index contributed by atoms with van der Waals surface area (Å²) in [5, 5.41) is 13.7. The first kappa shape index (κ1) is 19.3. The number of hydrogen-bond donors (Lipinski definition) is 0. The average molecular weight is 407 g/mol. The van der Waals surface area contributed by atoms with Crippen molar-refractivity contribution in [3.05, 3.63) is 66.1 Å². The molecule has 0 saturated carbocycles. The molecule has 0 amide bonds. The maximum absolute atomic E-state index is 5.39. The van der Waals surface area contributed by atoms with Gasteiger partial charge >= 0.3 is 0 Å². The lowest BCUT2D eigenvalue weighted by Crippen LogP contribution is -2.02. The van der Waals surface area contributed by atoms with E-state index in [0.717, 1.165) is 52.9 Å². The van der Waals surface area contributed by atoms with Crippen LogP contribution < -0.4 is 0 Å². The van der Waals surface area contributed by atoms with Gasteiger partial charge in [-0.1, -0.05) is 48.5 Å². The largest absolute Gasteiger partial charge is 0.338 e. The third kappa shape index (κ3) is 4.37. The van der Waals surface area contributed by atoms with Crippen molar-refractivity contribution >= 4 is 11.8 Å². The molecule has 0 saturated heterocycles. The molecule has 3 heterocycles. The van der Waals surface area contributed by atoms with Crippen molar-refractivity contribution in [2.45, 2.75) is 44.0 Å². The number of unbranched alkanes of at least 4 members (excludes halogenated alkanes) is 1. The molecule has 7 nitrogen and oxygen atoms in total. The fourth-order valence-corrected chi connectivity index (χ4v) is 3.77. The molecule has 0 N–H and O–H groups in total. The summed E-state index contributed by atoms with van der Waals surface area (Å²) in [5.74, 6) is 2.65. The lowest BCUT2D eigenvalue weighted by Gasteiger charge is -2.12. The molecular weight excluding hydrogens is 384 g/mol. The van der Waals surface area contributed by atoms with Crippen LogP contribution in [0.1, 0.15) is 37.0 Å². The summed E-state index contributed by atoms with van der Waals surface area (Å²) in [4.78, 5) is 8.71. The molecule has 1 aromatic carbocycles. The summed E-state index contributed by atoms with van der Waals surface area (Å²) in [6.07, 6.45) is 6.55. The molecule has 4 rings (SSSR count). The fraction of sp³-hybridized carbons (Fsp3) is 0.286. The molecule has 29 heavy (non-hydrogen) atoms. The Kier molecular flexibility index (Phi) is 6.00. The summed E-state index contributed by atoms with van der Waals surface area (Å²) >= 11 is 1.53. The van der Waals surface area contributed by atoms with Gasteiger partial charge in [-0.15, -0.1) is 10.2 Å². The molecule has 8 heteroatoms. The van der Waals surface area contributed by atoms with E-state index in [9.17, 15) is 0 Å². The van der Waals surface area contributed by atoms with E-state index >= 15 is 0 Å². The molecule has 0 atom stereocenters. The Labute approximate surface area is 173 Å². The van der Waals surface area contributed by atoms with Crippen LogP contribution in [0, 0.1) is 6.92 Å². The molecule has 0 bridgehead atoms. The number of aromatic nitrogens is 6. The molecule has 0 fully saturated rings. The lowest BCUT2D eigenvalue weighted by atomic mass is 10.2. The number of pyridine rings is 1. The Hall–Kier alpha value is -3.00. The van der Waals surface area contributed by atoms with Crippen molar-refractivity contribution in [1.29, 1.82) is 0 Å². The van der Waals surface area contributed by atoms with Gasteiger partial charge < -0.3 is 4.52 Å². The van der Waals surface area contributed by atoms with Crippen molar-refractivity contribution in [3.63, 3.8) is 0 Å². The first-order valence-corrected chi connectivity index (χ1v) is 10.6. The highest BCUT2D eigenvalue weighted by molar-refractivity contribution is 7.98. The Morgan fingerprint density at radius 2 is 2.00 bits per heavy atom. The Balaban J connectivity index is 1.64. The van der Waals surface area contributed by atoms with Crippen LogP contribution in [0.25, 0.3) is 17.1 Å². The molecule has 0 aliphatic carbocycles. The molecule has 0 aliphatic rings. The van der Waals surface area contributed by atoms with Crippen LogP contribution >= 0.6 is 11.8 Å². The first-order chi connectivity index (χ1) is 14.3. The Morgan fingerprint density at radius 3 is 2.79 bits per heavy atom. The minimum absolute atomic E-state index is 0.538. The van der Waals surface area contributed by atoms with E-state index in [1.807, 2.05) is 24.3 Å². The zero-order chi connectivity index (χ0) is 20.1. The zero-order valence-electron chi connectivity index (χ0n) is 16.4. The van der Waals surface area contributed by atoms with Crippen molar-refractivity contribution in [2.24, 2.45) is 0 Å². The van der Waals surface area contributed by atoms with Crippen LogP contribution in [0.5, 0.6) is 0 Å². The quantitative estimate of drug-likeness (QED) is 0.394. The summed E-state index contributed by atoms with van der Waals surface area (Å²) in [6.45, 7) is 4.23. The predicted molar refractivity (Wildman–Crippen MR) is 112 cm³/mol. The second-order valence-corrected chi connectivity index (χ2v) is 7.61. The Bertz CT molecular complexity index is 1080. The van der Waals surface area contributed by atoms with Gasteiger partial charge in [0.1, 0.15) is 0 Å². The van der Waals surface area contributed by atoms with Gasteiger partial charge in [0.2, 0.25) is 5.89 Å². The third-order valence-corrected chi connectivity index (χ3v) is 5.41. The average Bonchev–Trinajstić information content (AvgIpc) is 3.38. The number of thioether (sulfide) groups is 1. The molecule has 3 aromatic heterocycles. The smallest absolute Gasteiger partial charge is 0.237 e. The lowest BCUT2D eigenvalue weighted by molar-refractivity contribution is 0.384. The number of aryl methyl sites for hydroxylation is 2. The minimum atomic E-state index is 0.538. The van der Waals surface area contributed by atoms with Gasteiger partial charge in [-0.05, 0) is 37.1 Å². The van der Waals surface area contributed by atoms with E-state index in [1.54, 1.807) is 12.4 Å². The monoisotopic (exact) mass is 406 g/mol. The van der Waals surface area contributed by atoms with E-state index in [0.29, 0.717) is 11.6 Å². The number of benzene rings is 1. The maximum Gasteiger partial charge on any atom is 0.237 e. The standard InChI is InChI=1S/C21H22N6OS/c1-3-4-11-18-23-19(28-26-18)14-29-21-25-24-20(16-9-7-12-22-13-16)27(21)17-10-6-5-8-15(17)2/h5-10,12-13H,3-4,11,14H2,1-2H3. The highest BCUT2D eigenvalue weighted by Crippen LogP contribution is 2.30. The van der Waals surface area contributed by atoms with Crippen molar-refractivity contribution in [3.8, 4) is 17.1 Å². The van der Waals surface area contributed by atoms with Crippen molar-refractivity contribution < 1.29 is 4.52 Å². The van der Waals surface area contributed by atoms with Gasteiger partial charge in [-0.2, -0.15) is 4.98 Å². The molecule has 4 aromatic rings. The topological polar surface area (TPSA) is 82.5 Å². The number of nitrogens with zero attached hydrogens (tertiary/aromatic N) is 6. The highest BCUT2D eigenvalue weighted by atomic mass is 32.2. The van der Waals surface area contributed by atoms with E-state index < -0.39 is 0 Å².